The highest BCUT2D eigenvalue weighted by Crippen LogP contribution is 2.42. The third-order valence-corrected chi connectivity index (χ3v) is 8.46. The highest BCUT2D eigenvalue weighted by Gasteiger charge is 2.40. The van der Waals surface area contributed by atoms with Crippen molar-refractivity contribution in [3.05, 3.63) is 71.1 Å². The van der Waals surface area contributed by atoms with Gasteiger partial charge in [-0.15, -0.1) is 5.06 Å². The van der Waals surface area contributed by atoms with Gasteiger partial charge >= 0.3 is 11.9 Å². The van der Waals surface area contributed by atoms with Gasteiger partial charge in [-0.2, -0.15) is 0 Å². The zero-order chi connectivity index (χ0) is 32.9. The number of fused-ring (bicyclic) bond motifs is 2. The van der Waals surface area contributed by atoms with Gasteiger partial charge < -0.3 is 24.2 Å². The second kappa shape index (κ2) is 11.8. The third kappa shape index (κ3) is 5.35. The number of aromatic carboxylic acids is 1. The minimum atomic E-state index is -1.17. The van der Waals surface area contributed by atoms with E-state index in [0.717, 1.165) is 11.0 Å². The number of carboxylic acids is 1. The number of carboxylic acid groups (broad SMARTS) is 1. The molecule has 0 spiro atoms. The minimum absolute atomic E-state index is 0.0119. The van der Waals surface area contributed by atoms with Gasteiger partial charge in [0.2, 0.25) is 5.36 Å². The number of hydrogen-bond acceptors (Lipinski definition) is 8. The summed E-state index contributed by atoms with van der Waals surface area (Å²) in [6.45, 7) is 0.243. The predicted octanol–water partition coefficient (Wildman–Crippen LogP) is 3.21. The van der Waals surface area contributed by atoms with Crippen molar-refractivity contribution in [3.8, 4) is 22.5 Å². The van der Waals surface area contributed by atoms with E-state index in [1.807, 2.05) is 74.1 Å². The number of carbonyl (C=O) groups excluding carboxylic acids is 4. The Morgan fingerprint density at radius 3 is 2.37 bits per heavy atom. The molecular formula is C34H33N4O8+. The number of hydroxylamine groups is 2. The molecule has 0 saturated carbocycles. The molecule has 2 aromatic carbocycles. The van der Waals surface area contributed by atoms with Crippen LogP contribution in [-0.4, -0.2) is 85.5 Å². The van der Waals surface area contributed by atoms with Crippen LogP contribution < -0.4 is 14.8 Å². The minimum Gasteiger partial charge on any atom is -0.478 e. The van der Waals surface area contributed by atoms with Crippen molar-refractivity contribution in [1.29, 1.82) is 0 Å². The van der Waals surface area contributed by atoms with E-state index in [4.69, 9.17) is 9.25 Å². The van der Waals surface area contributed by atoms with Crippen LogP contribution in [0, 0.1) is 0 Å². The lowest BCUT2D eigenvalue weighted by molar-refractivity contribution is -0.200. The van der Waals surface area contributed by atoms with Crippen LogP contribution in [0.4, 0.5) is 5.69 Å². The first-order valence-corrected chi connectivity index (χ1v) is 14.9. The smallest absolute Gasteiger partial charge is 0.355 e. The SMILES string of the molecule is CN(C)c1ccc2c(-c3cc(C(=O)[15N]4[13CH2][13CH2][13CH2][13CH]4[13C](=O)ON4C(=O)CCC4=O)ccc3C(=O)O)c3ccc(=[N+](C)C)cc-3oc2c1. The van der Waals surface area contributed by atoms with E-state index < -0.39 is 35.7 Å². The molecule has 1 unspecified atom stereocenters. The summed E-state index contributed by atoms with van der Waals surface area (Å²) in [5.74, 6) is -3.22. The summed E-state index contributed by atoms with van der Waals surface area (Å²) >= 11 is 0. The largest absolute Gasteiger partial charge is 0.478 e. The number of carbonyl (C=O) groups is 5. The van der Waals surface area contributed by atoms with Crippen LogP contribution in [-0.2, 0) is 19.2 Å². The summed E-state index contributed by atoms with van der Waals surface area (Å²) in [6.07, 6.45) is 0.715. The van der Waals surface area contributed by atoms with Gasteiger partial charge in [0.25, 0.3) is 17.7 Å². The maximum absolute atomic E-state index is 14.0. The number of anilines is 1. The second-order valence-corrected chi connectivity index (χ2v) is 11.8. The first kappa shape index (κ1) is 30.5. The maximum atomic E-state index is 14.0. The Bertz CT molecular complexity index is 1970. The zero-order valence-electron chi connectivity index (χ0n) is 25.9. The lowest BCUT2D eigenvalue weighted by Crippen LogP contribution is -2.44. The van der Waals surface area contributed by atoms with Crippen molar-refractivity contribution in [3.63, 3.8) is 0 Å². The van der Waals surface area contributed by atoms with E-state index in [2.05, 4.69) is 0 Å². The van der Waals surface area contributed by atoms with Crippen molar-refractivity contribution >= 4 is 46.3 Å². The summed E-state index contributed by atoms with van der Waals surface area (Å²) in [5.41, 5.74) is 3.13. The molecule has 0 aromatic heterocycles. The first-order chi connectivity index (χ1) is 21.9. The topological polar surface area (TPSA) is 141 Å². The van der Waals surface area contributed by atoms with Crippen molar-refractivity contribution in [2.75, 3.05) is 39.6 Å². The van der Waals surface area contributed by atoms with Gasteiger partial charge in [-0.25, -0.2) is 14.2 Å². The molecule has 3 amide bonds. The molecule has 12 nitrogen and oxygen atoms in total. The molecule has 1 N–H and O–H groups in total. The van der Waals surface area contributed by atoms with Gasteiger partial charge in [-0.1, -0.05) is 0 Å². The average Bonchev–Trinajstić information content (AvgIpc) is 3.65. The Labute approximate surface area is 264 Å². The van der Waals surface area contributed by atoms with Crippen LogP contribution in [0.25, 0.3) is 33.4 Å². The Morgan fingerprint density at radius 1 is 0.957 bits per heavy atom. The molecule has 3 heterocycles. The standard InChI is InChI=1S/C34H32N4O8/c1-35(2)20-8-11-23-27(17-20)45-28-18-21(36(3)4)9-12-24(28)31(23)25-16-19(7-10-22(25)33(42)43)32(41)37-15-5-6-26(37)34(44)46-38-29(39)13-14-30(38)40/h7-12,16-18,26H,5-6,13-15H2,1-4H3/p+1/i5+1,6+1,15+1,26+1,34+1,37+1. The summed E-state index contributed by atoms with van der Waals surface area (Å²) in [7, 11) is 7.64. The monoisotopic (exact) mass is 631 g/mol. The third-order valence-electron chi connectivity index (χ3n) is 8.46. The second-order valence-electron chi connectivity index (χ2n) is 11.8. The van der Waals surface area contributed by atoms with Gasteiger partial charge in [0.15, 0.2) is 0 Å². The lowest BCUT2D eigenvalue weighted by Gasteiger charge is -2.25. The number of nitrogens with zero attached hydrogens (tertiary/aromatic N) is 4. The summed E-state index contributed by atoms with van der Waals surface area (Å²) in [4.78, 5) is 72.0. The highest BCUT2D eigenvalue weighted by molar-refractivity contribution is 6.10. The molecule has 46 heavy (non-hydrogen) atoms. The molecular weight excluding hydrogens is 598 g/mol. The van der Waals surface area contributed by atoms with Crippen molar-refractivity contribution < 1.29 is 38.3 Å². The molecule has 12 heteroatoms. The fraction of sp³-hybridized carbons (Fsp3) is 0.294. The molecule has 6 rings (SSSR count). The van der Waals surface area contributed by atoms with E-state index in [9.17, 15) is 29.1 Å². The normalized spacial score (nSPS) is 16.4. The molecule has 1 atom stereocenters. The van der Waals surface area contributed by atoms with Crippen LogP contribution in [0.15, 0.2) is 59.0 Å². The number of amides is 3. The predicted molar refractivity (Wildman–Crippen MR) is 168 cm³/mol. The number of rotatable bonds is 6. The molecule has 1 aliphatic carbocycles. The van der Waals surface area contributed by atoms with Crippen LogP contribution in [0.3, 0.4) is 0 Å². The van der Waals surface area contributed by atoms with Crippen molar-refractivity contribution in [2.45, 2.75) is 31.7 Å². The summed E-state index contributed by atoms with van der Waals surface area (Å²) in [5, 5.41) is 12.3. The van der Waals surface area contributed by atoms with Crippen molar-refractivity contribution in [2.24, 2.45) is 0 Å². The molecule has 2 saturated heterocycles. The average molecular weight is 632 g/mol. The van der Waals surface area contributed by atoms with Crippen LogP contribution >= 0.6 is 0 Å². The zero-order valence-corrected chi connectivity index (χ0v) is 25.9. The molecule has 236 valence electrons. The molecule has 3 aliphatic heterocycles. The van der Waals surface area contributed by atoms with Gasteiger partial charge in [-0.3, -0.25) is 14.4 Å². The van der Waals surface area contributed by atoms with E-state index in [1.54, 1.807) is 0 Å². The van der Waals surface area contributed by atoms with Crippen molar-refractivity contribution in [1.82, 2.24) is 14.5 Å². The number of likely N-dealkylation sites (tertiary alicyclic amines) is 1. The number of imide groups is 1. The van der Waals surface area contributed by atoms with Gasteiger partial charge in [0.1, 0.15) is 31.5 Å². The Hall–Kier alpha value is -5.52. The lowest BCUT2D eigenvalue weighted by atomic mass is 9.89. The van der Waals surface area contributed by atoms with Crippen LogP contribution in [0.5, 0.6) is 0 Å². The van der Waals surface area contributed by atoms with E-state index in [-0.39, 0.29) is 30.5 Å². The fourth-order valence-electron chi connectivity index (χ4n) is 6.01. The molecule has 0 radical (unpaired) electrons. The van der Waals surface area contributed by atoms with Crippen LogP contribution in [0.2, 0.25) is 0 Å². The maximum Gasteiger partial charge on any atom is 0.355 e. The number of hydrogen-bond donors (Lipinski definition) is 1. The van der Waals surface area contributed by atoms with E-state index >= 15 is 0 Å². The Morgan fingerprint density at radius 2 is 1.70 bits per heavy atom. The molecule has 4 aliphatic rings. The van der Waals surface area contributed by atoms with Gasteiger partial charge in [-0.05, 0) is 54.8 Å². The van der Waals surface area contributed by atoms with Gasteiger partial charge in [0, 0.05) is 73.4 Å². The summed E-state index contributed by atoms with van der Waals surface area (Å²) in [6, 6.07) is 14.7. The van der Waals surface area contributed by atoms with E-state index in [0.29, 0.717) is 51.3 Å². The molecule has 2 fully saturated rings. The molecule has 0 bridgehead atoms. The number of benzene rings is 3. The summed E-state index contributed by atoms with van der Waals surface area (Å²) < 4.78 is 8.31. The first-order valence-electron chi connectivity index (χ1n) is 14.9. The molecule has 2 aromatic rings. The fourth-order valence-corrected chi connectivity index (χ4v) is 6.01. The van der Waals surface area contributed by atoms with E-state index in [1.165, 1.54) is 23.1 Å². The Kier molecular flexibility index (Phi) is 7.80. The highest BCUT2D eigenvalue weighted by atomic mass is 16.8. The Balaban J connectivity index is 1.48. The van der Waals surface area contributed by atoms with Crippen LogP contribution in [0.1, 0.15) is 46.4 Å². The van der Waals surface area contributed by atoms with Gasteiger partial charge in [0.05, 0.1) is 11.6 Å². The quantitative estimate of drug-likeness (QED) is 0.112.